The van der Waals surface area contributed by atoms with Crippen LogP contribution < -0.4 is 5.73 Å². The lowest BCUT2D eigenvalue weighted by atomic mass is 10.1. The Hall–Kier alpha value is -1.26. The minimum absolute atomic E-state index is 0.278. The fourth-order valence-electron chi connectivity index (χ4n) is 2.14. The van der Waals surface area contributed by atoms with E-state index in [0.717, 1.165) is 23.7 Å². The van der Waals surface area contributed by atoms with Crippen LogP contribution in [0.4, 0.5) is 0 Å². The van der Waals surface area contributed by atoms with Gasteiger partial charge < -0.3 is 10.9 Å². The molecule has 0 atom stereocenters. The van der Waals surface area contributed by atoms with Gasteiger partial charge in [0.15, 0.2) is 0 Å². The van der Waals surface area contributed by atoms with Gasteiger partial charge in [-0.05, 0) is 37.0 Å². The summed E-state index contributed by atoms with van der Waals surface area (Å²) < 4.78 is 0. The van der Waals surface area contributed by atoms with Crippen LogP contribution >= 0.6 is 11.6 Å². The summed E-state index contributed by atoms with van der Waals surface area (Å²) in [5.41, 5.74) is 7.84. The highest BCUT2D eigenvalue weighted by Crippen LogP contribution is 2.30. The number of benzene rings is 1. The minimum Gasteiger partial charge on any atom is -0.409 e. The second kappa shape index (κ2) is 6.26. The molecule has 0 spiro atoms. The number of oxime groups is 1. The summed E-state index contributed by atoms with van der Waals surface area (Å²) >= 11 is 6.27. The highest BCUT2D eigenvalue weighted by Gasteiger charge is 2.29. The molecular weight excluding hydrogens is 262 g/mol. The number of nitrogens with two attached hydrogens (primary N) is 1. The molecule has 0 aliphatic heterocycles. The number of rotatable bonds is 6. The maximum atomic E-state index is 8.59. The molecule has 1 fully saturated rings. The van der Waals surface area contributed by atoms with E-state index in [1.165, 1.54) is 18.4 Å². The molecule has 0 aromatic heterocycles. The van der Waals surface area contributed by atoms with E-state index in [4.69, 9.17) is 22.5 Å². The van der Waals surface area contributed by atoms with E-state index in [-0.39, 0.29) is 5.84 Å². The van der Waals surface area contributed by atoms with Crippen molar-refractivity contribution in [3.05, 3.63) is 34.3 Å². The van der Waals surface area contributed by atoms with E-state index in [0.29, 0.717) is 12.5 Å². The second-order valence-electron chi connectivity index (χ2n) is 5.14. The van der Waals surface area contributed by atoms with Crippen molar-refractivity contribution in [2.24, 2.45) is 10.9 Å². The molecule has 1 saturated carbocycles. The molecule has 2 rings (SSSR count). The summed E-state index contributed by atoms with van der Waals surface area (Å²) in [7, 11) is 0. The summed E-state index contributed by atoms with van der Waals surface area (Å²) in [5, 5.41) is 12.4. The van der Waals surface area contributed by atoms with Gasteiger partial charge in [-0.25, -0.2) is 0 Å². The van der Waals surface area contributed by atoms with Gasteiger partial charge in [0, 0.05) is 30.6 Å². The zero-order valence-electron chi connectivity index (χ0n) is 11.1. The smallest absolute Gasteiger partial charge is 0.140 e. The molecule has 1 aromatic carbocycles. The van der Waals surface area contributed by atoms with Crippen LogP contribution in [0.2, 0.25) is 5.02 Å². The van der Waals surface area contributed by atoms with Crippen molar-refractivity contribution in [3.8, 4) is 0 Å². The van der Waals surface area contributed by atoms with Gasteiger partial charge in [-0.3, -0.25) is 4.90 Å². The Morgan fingerprint density at radius 2 is 2.26 bits per heavy atom. The standard InChI is InChI=1S/C14H20ClN3O/c1-10-2-3-11(13(15)8-10)9-18(12-4-5-12)7-6-14(16)17-19/h2-3,8,12,19H,4-7,9H2,1H3,(H2,16,17). The van der Waals surface area contributed by atoms with E-state index in [1.807, 2.05) is 13.0 Å². The first kappa shape index (κ1) is 14.2. The Kier molecular flexibility index (Phi) is 4.66. The van der Waals surface area contributed by atoms with Crippen molar-refractivity contribution in [1.82, 2.24) is 4.90 Å². The quantitative estimate of drug-likeness (QED) is 0.365. The highest BCUT2D eigenvalue weighted by atomic mass is 35.5. The van der Waals surface area contributed by atoms with E-state index in [2.05, 4.69) is 22.2 Å². The van der Waals surface area contributed by atoms with Crippen LogP contribution in [0.5, 0.6) is 0 Å². The number of nitrogens with zero attached hydrogens (tertiary/aromatic N) is 2. The SMILES string of the molecule is Cc1ccc(CN(CC/C(N)=N/O)C2CC2)c(Cl)c1. The molecule has 0 saturated heterocycles. The third-order valence-electron chi connectivity index (χ3n) is 3.43. The summed E-state index contributed by atoms with van der Waals surface area (Å²) in [5.74, 6) is 0.278. The van der Waals surface area contributed by atoms with Crippen LogP contribution in [0.25, 0.3) is 0 Å². The van der Waals surface area contributed by atoms with E-state index < -0.39 is 0 Å². The number of halogens is 1. The molecular formula is C14H20ClN3O. The van der Waals surface area contributed by atoms with Gasteiger partial charge in [-0.15, -0.1) is 0 Å². The molecule has 3 N–H and O–H groups in total. The van der Waals surface area contributed by atoms with E-state index in [9.17, 15) is 0 Å². The van der Waals surface area contributed by atoms with Crippen molar-refractivity contribution in [3.63, 3.8) is 0 Å². The van der Waals surface area contributed by atoms with Crippen LogP contribution in [-0.2, 0) is 6.54 Å². The number of hydrogen-bond donors (Lipinski definition) is 2. The maximum Gasteiger partial charge on any atom is 0.140 e. The van der Waals surface area contributed by atoms with Gasteiger partial charge in [-0.2, -0.15) is 0 Å². The Morgan fingerprint density at radius 3 is 2.84 bits per heavy atom. The molecule has 0 amide bonds. The predicted octanol–water partition coefficient (Wildman–Crippen LogP) is 2.75. The number of aryl methyl sites for hydroxylation is 1. The van der Waals surface area contributed by atoms with Crippen LogP contribution in [0.1, 0.15) is 30.4 Å². The van der Waals surface area contributed by atoms with Gasteiger partial charge in [0.2, 0.25) is 0 Å². The molecule has 104 valence electrons. The van der Waals surface area contributed by atoms with Gasteiger partial charge >= 0.3 is 0 Å². The summed E-state index contributed by atoms with van der Waals surface area (Å²) in [4.78, 5) is 2.36. The van der Waals surface area contributed by atoms with Gasteiger partial charge in [0.05, 0.1) is 0 Å². The Morgan fingerprint density at radius 1 is 1.53 bits per heavy atom. The molecule has 19 heavy (non-hydrogen) atoms. The number of amidine groups is 1. The lowest BCUT2D eigenvalue weighted by Gasteiger charge is -2.22. The molecule has 1 aliphatic carbocycles. The first-order valence-electron chi connectivity index (χ1n) is 6.55. The second-order valence-corrected chi connectivity index (χ2v) is 5.55. The monoisotopic (exact) mass is 281 g/mol. The Bertz CT molecular complexity index is 472. The summed E-state index contributed by atoms with van der Waals surface area (Å²) in [6, 6.07) is 6.77. The van der Waals surface area contributed by atoms with Gasteiger partial charge in [0.1, 0.15) is 5.84 Å². The Balaban J connectivity index is 2.00. The van der Waals surface area contributed by atoms with Crippen LogP contribution in [0.3, 0.4) is 0 Å². The molecule has 1 aliphatic rings. The highest BCUT2D eigenvalue weighted by molar-refractivity contribution is 6.31. The molecule has 5 heteroatoms. The lowest BCUT2D eigenvalue weighted by molar-refractivity contribution is 0.259. The van der Waals surface area contributed by atoms with Crippen molar-refractivity contribution in [2.45, 2.75) is 38.8 Å². The first-order valence-corrected chi connectivity index (χ1v) is 6.93. The molecule has 1 aromatic rings. The van der Waals surface area contributed by atoms with Gasteiger partial charge in [0.25, 0.3) is 0 Å². The average Bonchev–Trinajstić information content (AvgIpc) is 3.20. The summed E-state index contributed by atoms with van der Waals surface area (Å²) in [6.45, 7) is 3.65. The van der Waals surface area contributed by atoms with Gasteiger partial charge in [-0.1, -0.05) is 28.9 Å². The van der Waals surface area contributed by atoms with Crippen LogP contribution in [0, 0.1) is 6.92 Å². The molecule has 0 radical (unpaired) electrons. The normalized spacial score (nSPS) is 16.1. The molecule has 0 unspecified atom stereocenters. The number of hydrogen-bond acceptors (Lipinski definition) is 3. The fourth-order valence-corrected chi connectivity index (χ4v) is 2.43. The zero-order chi connectivity index (χ0) is 13.8. The van der Waals surface area contributed by atoms with E-state index in [1.54, 1.807) is 0 Å². The first-order chi connectivity index (χ1) is 9.10. The van der Waals surface area contributed by atoms with E-state index >= 15 is 0 Å². The maximum absolute atomic E-state index is 8.59. The van der Waals surface area contributed by atoms with Crippen molar-refractivity contribution in [2.75, 3.05) is 6.54 Å². The molecule has 0 bridgehead atoms. The summed E-state index contributed by atoms with van der Waals surface area (Å²) in [6.07, 6.45) is 3.02. The minimum atomic E-state index is 0.278. The largest absolute Gasteiger partial charge is 0.409 e. The Labute approximate surface area is 118 Å². The lowest BCUT2D eigenvalue weighted by Crippen LogP contribution is -2.30. The third kappa shape index (κ3) is 4.11. The van der Waals surface area contributed by atoms with Crippen LogP contribution in [-0.4, -0.2) is 28.5 Å². The van der Waals surface area contributed by atoms with Crippen molar-refractivity contribution >= 4 is 17.4 Å². The molecule has 0 heterocycles. The molecule has 4 nitrogen and oxygen atoms in total. The van der Waals surface area contributed by atoms with Crippen molar-refractivity contribution in [1.29, 1.82) is 0 Å². The third-order valence-corrected chi connectivity index (χ3v) is 3.78. The predicted molar refractivity (Wildman–Crippen MR) is 77.6 cm³/mol. The zero-order valence-corrected chi connectivity index (χ0v) is 11.9. The fraction of sp³-hybridized carbons (Fsp3) is 0.500. The topological polar surface area (TPSA) is 61.8 Å². The van der Waals surface area contributed by atoms with Crippen molar-refractivity contribution < 1.29 is 5.21 Å². The average molecular weight is 282 g/mol. The van der Waals surface area contributed by atoms with Crippen LogP contribution in [0.15, 0.2) is 23.4 Å².